The largest absolute Gasteiger partial charge is 0.493 e. The summed E-state index contributed by atoms with van der Waals surface area (Å²) in [6.07, 6.45) is 4.81. The van der Waals surface area contributed by atoms with Gasteiger partial charge in [0, 0.05) is 24.2 Å². The molecule has 0 aliphatic rings. The molecular weight excluding hydrogens is 420 g/mol. The third-order valence-corrected chi connectivity index (χ3v) is 5.68. The van der Waals surface area contributed by atoms with Crippen LogP contribution in [0.4, 0.5) is 10.5 Å². The van der Waals surface area contributed by atoms with Crippen molar-refractivity contribution < 1.29 is 24.1 Å². The van der Waals surface area contributed by atoms with Crippen LogP contribution in [0.2, 0.25) is 0 Å². The van der Waals surface area contributed by atoms with Crippen LogP contribution in [0, 0.1) is 13.8 Å². The monoisotopic (exact) mass is 452 g/mol. The van der Waals surface area contributed by atoms with Crippen LogP contribution in [0.25, 0.3) is 10.9 Å². The first-order valence-electron chi connectivity index (χ1n) is 11.2. The number of hydrogen-bond donors (Lipinski definition) is 1. The van der Waals surface area contributed by atoms with Gasteiger partial charge in [-0.15, -0.1) is 0 Å². The number of methoxy groups -OCH3 is 2. The predicted molar refractivity (Wildman–Crippen MR) is 130 cm³/mol. The van der Waals surface area contributed by atoms with Crippen molar-refractivity contribution in [2.75, 3.05) is 25.7 Å². The van der Waals surface area contributed by atoms with Crippen molar-refractivity contribution in [3.63, 3.8) is 0 Å². The second-order valence-electron chi connectivity index (χ2n) is 8.03. The molecule has 0 atom stereocenters. The van der Waals surface area contributed by atoms with Crippen LogP contribution in [0.5, 0.6) is 23.0 Å². The number of amides is 1. The minimum Gasteiger partial charge on any atom is -0.493 e. The highest BCUT2D eigenvalue weighted by atomic mass is 16.5. The summed E-state index contributed by atoms with van der Waals surface area (Å²) in [6, 6.07) is 9.22. The number of unbranched alkanes of at least 4 members (excludes halogenated alkanes) is 3. The van der Waals surface area contributed by atoms with Gasteiger partial charge in [-0.1, -0.05) is 26.2 Å². The molecule has 0 radical (unpaired) electrons. The topological polar surface area (TPSA) is 81.1 Å². The molecule has 1 N–H and O–H groups in total. The second kappa shape index (κ2) is 10.9. The molecule has 1 amide bonds. The number of pyridine rings is 1. The molecule has 0 saturated carbocycles. The van der Waals surface area contributed by atoms with E-state index in [2.05, 4.69) is 11.9 Å². The number of hydrogen-bond acceptors (Lipinski definition) is 5. The lowest BCUT2D eigenvalue weighted by atomic mass is 10.1. The summed E-state index contributed by atoms with van der Waals surface area (Å²) in [6.45, 7) is 6.44. The number of rotatable bonds is 10. The highest BCUT2D eigenvalue weighted by Gasteiger charge is 2.19. The van der Waals surface area contributed by atoms with E-state index in [1.54, 1.807) is 26.5 Å². The maximum absolute atomic E-state index is 11.9. The van der Waals surface area contributed by atoms with Crippen LogP contribution in [0.15, 0.2) is 36.5 Å². The fraction of sp³-hybridized carbons (Fsp3) is 0.385. The van der Waals surface area contributed by atoms with Crippen molar-refractivity contribution in [2.24, 2.45) is 0 Å². The average Bonchev–Trinajstić information content (AvgIpc) is 2.80. The summed E-state index contributed by atoms with van der Waals surface area (Å²) in [5.74, 6) is 2.48. The Morgan fingerprint density at radius 1 is 0.939 bits per heavy atom. The van der Waals surface area contributed by atoms with Crippen LogP contribution in [0.1, 0.15) is 43.7 Å². The van der Waals surface area contributed by atoms with E-state index in [9.17, 15) is 9.90 Å². The fourth-order valence-corrected chi connectivity index (χ4v) is 3.85. The Kier molecular flexibility index (Phi) is 7.98. The summed E-state index contributed by atoms with van der Waals surface area (Å²) >= 11 is 0. The lowest BCUT2D eigenvalue weighted by molar-refractivity contribution is 0.201. The Labute approximate surface area is 194 Å². The third-order valence-electron chi connectivity index (χ3n) is 5.68. The normalized spacial score (nSPS) is 10.8. The molecule has 7 heteroatoms. The first kappa shape index (κ1) is 24.2. The molecule has 0 spiro atoms. The van der Waals surface area contributed by atoms with E-state index in [-0.39, 0.29) is 0 Å². The molecule has 3 aromatic rings. The van der Waals surface area contributed by atoms with Crippen molar-refractivity contribution >= 4 is 22.7 Å². The standard InChI is InChI=1S/C26H32N2O5/c1-6-7-8-9-12-28(26(29)30)21-13-18(3)23(14-17(21)2)33-22-10-11-27-20-16-25(32-5)24(31-4)15-19(20)22/h10-11,13-16H,6-9,12H2,1-5H3,(H,29,30). The third kappa shape index (κ3) is 5.48. The number of carboxylic acid groups (broad SMARTS) is 1. The zero-order chi connectivity index (χ0) is 24.0. The molecule has 7 nitrogen and oxygen atoms in total. The number of fused-ring (bicyclic) bond motifs is 1. The lowest BCUT2D eigenvalue weighted by Gasteiger charge is -2.23. The smallest absolute Gasteiger partial charge is 0.411 e. The van der Waals surface area contributed by atoms with Crippen molar-refractivity contribution in [2.45, 2.75) is 46.5 Å². The zero-order valence-corrected chi connectivity index (χ0v) is 20.0. The molecule has 176 valence electrons. The van der Waals surface area contributed by atoms with Crippen molar-refractivity contribution in [3.8, 4) is 23.0 Å². The van der Waals surface area contributed by atoms with Crippen molar-refractivity contribution in [3.05, 3.63) is 47.7 Å². The van der Waals surface area contributed by atoms with E-state index in [1.807, 2.05) is 38.1 Å². The summed E-state index contributed by atoms with van der Waals surface area (Å²) in [5, 5.41) is 10.6. The number of anilines is 1. The number of ether oxygens (including phenoxy) is 3. The maximum atomic E-state index is 11.9. The highest BCUT2D eigenvalue weighted by molar-refractivity contribution is 5.89. The van der Waals surface area contributed by atoms with Gasteiger partial charge in [-0.25, -0.2) is 4.79 Å². The predicted octanol–water partition coefficient (Wildman–Crippen LogP) is 6.73. The number of nitrogens with zero attached hydrogens (tertiary/aromatic N) is 2. The summed E-state index contributed by atoms with van der Waals surface area (Å²) in [7, 11) is 3.17. The summed E-state index contributed by atoms with van der Waals surface area (Å²) in [5.41, 5.74) is 3.10. The average molecular weight is 453 g/mol. The van der Waals surface area contributed by atoms with Gasteiger partial charge in [-0.05, 0) is 55.7 Å². The first-order chi connectivity index (χ1) is 15.9. The van der Waals surface area contributed by atoms with E-state index in [1.165, 1.54) is 4.90 Å². The maximum Gasteiger partial charge on any atom is 0.411 e. The van der Waals surface area contributed by atoms with E-state index < -0.39 is 6.09 Å². The number of aromatic nitrogens is 1. The van der Waals surface area contributed by atoms with Gasteiger partial charge in [-0.3, -0.25) is 9.88 Å². The van der Waals surface area contributed by atoms with Gasteiger partial charge in [0.1, 0.15) is 11.5 Å². The minimum absolute atomic E-state index is 0.479. The van der Waals surface area contributed by atoms with Crippen LogP contribution in [-0.2, 0) is 0 Å². The van der Waals surface area contributed by atoms with Crippen molar-refractivity contribution in [1.82, 2.24) is 4.98 Å². The molecule has 33 heavy (non-hydrogen) atoms. The van der Waals surface area contributed by atoms with E-state index in [0.717, 1.165) is 47.7 Å². The van der Waals surface area contributed by atoms with E-state index in [0.29, 0.717) is 35.2 Å². The summed E-state index contributed by atoms with van der Waals surface area (Å²) < 4.78 is 17.1. The zero-order valence-electron chi connectivity index (χ0n) is 20.0. The molecule has 0 bridgehead atoms. The Bertz CT molecular complexity index is 1130. The van der Waals surface area contributed by atoms with E-state index >= 15 is 0 Å². The number of benzene rings is 2. The highest BCUT2D eigenvalue weighted by Crippen LogP contribution is 2.38. The number of aryl methyl sites for hydroxylation is 2. The van der Waals surface area contributed by atoms with Crippen LogP contribution in [0.3, 0.4) is 0 Å². The molecule has 2 aromatic carbocycles. The van der Waals surface area contributed by atoms with Gasteiger partial charge in [-0.2, -0.15) is 0 Å². The lowest BCUT2D eigenvalue weighted by Crippen LogP contribution is -2.31. The van der Waals surface area contributed by atoms with Crippen LogP contribution >= 0.6 is 0 Å². The second-order valence-corrected chi connectivity index (χ2v) is 8.03. The Balaban J connectivity index is 1.93. The van der Waals surface area contributed by atoms with E-state index in [4.69, 9.17) is 14.2 Å². The molecule has 0 saturated heterocycles. The molecule has 1 heterocycles. The number of carbonyl (C=O) groups is 1. The molecule has 1 aromatic heterocycles. The molecular formula is C26H32N2O5. The Morgan fingerprint density at radius 2 is 1.67 bits per heavy atom. The Morgan fingerprint density at radius 3 is 2.33 bits per heavy atom. The van der Waals surface area contributed by atoms with Gasteiger partial charge >= 0.3 is 6.09 Å². The van der Waals surface area contributed by atoms with Gasteiger partial charge in [0.25, 0.3) is 0 Å². The van der Waals surface area contributed by atoms with Gasteiger partial charge < -0.3 is 19.3 Å². The molecule has 0 fully saturated rings. The van der Waals surface area contributed by atoms with Gasteiger partial charge in [0.05, 0.1) is 25.4 Å². The fourth-order valence-electron chi connectivity index (χ4n) is 3.85. The SMILES string of the molecule is CCCCCCN(C(=O)O)c1cc(C)c(Oc2ccnc3cc(OC)c(OC)cc23)cc1C. The molecule has 0 aliphatic carbocycles. The Hall–Kier alpha value is -3.48. The van der Waals surface area contributed by atoms with Crippen LogP contribution < -0.4 is 19.1 Å². The molecule has 3 rings (SSSR count). The van der Waals surface area contributed by atoms with Gasteiger partial charge in [0.15, 0.2) is 11.5 Å². The van der Waals surface area contributed by atoms with Gasteiger partial charge in [0.2, 0.25) is 0 Å². The molecule has 0 aliphatic heterocycles. The summed E-state index contributed by atoms with van der Waals surface area (Å²) in [4.78, 5) is 17.8. The molecule has 0 unspecified atom stereocenters. The quantitative estimate of drug-likeness (QED) is 0.344. The van der Waals surface area contributed by atoms with Crippen molar-refractivity contribution in [1.29, 1.82) is 0 Å². The first-order valence-corrected chi connectivity index (χ1v) is 11.2. The van der Waals surface area contributed by atoms with Crippen LogP contribution in [-0.4, -0.2) is 36.9 Å². The minimum atomic E-state index is -0.941.